The molecule has 0 aromatic heterocycles. The molecule has 1 aromatic rings. The maximum Gasteiger partial charge on any atom is 0.320 e. The first kappa shape index (κ1) is 17.1. The predicted molar refractivity (Wildman–Crippen MR) is 91.7 cm³/mol. The van der Waals surface area contributed by atoms with Crippen molar-refractivity contribution in [3.63, 3.8) is 0 Å². The molecule has 1 saturated heterocycles. The van der Waals surface area contributed by atoms with E-state index in [-0.39, 0.29) is 12.1 Å². The van der Waals surface area contributed by atoms with Crippen molar-refractivity contribution >= 4 is 17.6 Å². The number of piperazine rings is 1. The van der Waals surface area contributed by atoms with Crippen molar-refractivity contribution < 1.29 is 9.59 Å². The molecule has 2 N–H and O–H groups in total. The molecular formula is C17H26N4O2. The van der Waals surface area contributed by atoms with E-state index in [9.17, 15) is 9.59 Å². The summed E-state index contributed by atoms with van der Waals surface area (Å²) in [6.07, 6.45) is 0. The van der Waals surface area contributed by atoms with Crippen molar-refractivity contribution in [3.05, 3.63) is 29.8 Å². The molecule has 2 rings (SSSR count). The van der Waals surface area contributed by atoms with Crippen molar-refractivity contribution in [2.45, 2.75) is 26.8 Å². The first-order valence-electron chi connectivity index (χ1n) is 8.14. The Morgan fingerprint density at radius 3 is 2.13 bits per heavy atom. The van der Waals surface area contributed by atoms with Gasteiger partial charge in [-0.15, -0.1) is 0 Å². The fourth-order valence-corrected chi connectivity index (χ4v) is 2.90. The number of hydrogen-bond acceptors (Lipinski definition) is 3. The number of amides is 3. The summed E-state index contributed by atoms with van der Waals surface area (Å²) in [5, 5.41) is 0. The molecule has 6 nitrogen and oxygen atoms in total. The van der Waals surface area contributed by atoms with Crippen molar-refractivity contribution in [1.29, 1.82) is 0 Å². The van der Waals surface area contributed by atoms with E-state index in [4.69, 9.17) is 5.73 Å². The fraction of sp³-hybridized carbons (Fsp3) is 0.529. The summed E-state index contributed by atoms with van der Waals surface area (Å²) < 4.78 is 0. The van der Waals surface area contributed by atoms with Crippen LogP contribution in [0.5, 0.6) is 0 Å². The largest absolute Gasteiger partial charge is 0.368 e. The van der Waals surface area contributed by atoms with Gasteiger partial charge in [-0.25, -0.2) is 4.79 Å². The summed E-state index contributed by atoms with van der Waals surface area (Å²) in [4.78, 5) is 29.7. The average molecular weight is 318 g/mol. The molecule has 1 fully saturated rings. The molecule has 1 aromatic carbocycles. The molecule has 0 unspecified atom stereocenters. The summed E-state index contributed by atoms with van der Waals surface area (Å²) in [7, 11) is 0. The van der Waals surface area contributed by atoms with Gasteiger partial charge >= 0.3 is 6.03 Å². The van der Waals surface area contributed by atoms with Crippen LogP contribution in [0.4, 0.5) is 10.5 Å². The molecule has 0 radical (unpaired) electrons. The zero-order valence-corrected chi connectivity index (χ0v) is 14.2. The normalized spacial score (nSPS) is 15.0. The van der Waals surface area contributed by atoms with Gasteiger partial charge in [0.1, 0.15) is 0 Å². The number of carbonyl (C=O) groups is 2. The Morgan fingerprint density at radius 2 is 1.70 bits per heavy atom. The van der Waals surface area contributed by atoms with Gasteiger partial charge in [-0.1, -0.05) is 0 Å². The molecule has 0 saturated carbocycles. The van der Waals surface area contributed by atoms with Crippen LogP contribution in [0, 0.1) is 0 Å². The molecule has 126 valence electrons. The second-order valence-corrected chi connectivity index (χ2v) is 6.05. The lowest BCUT2D eigenvalue weighted by atomic mass is 10.1. The van der Waals surface area contributed by atoms with Gasteiger partial charge in [0, 0.05) is 50.0 Å². The van der Waals surface area contributed by atoms with E-state index in [1.54, 1.807) is 12.1 Å². The van der Waals surface area contributed by atoms with Crippen LogP contribution in [0.15, 0.2) is 24.3 Å². The minimum Gasteiger partial charge on any atom is -0.368 e. The second-order valence-electron chi connectivity index (χ2n) is 6.05. The van der Waals surface area contributed by atoms with E-state index in [0.29, 0.717) is 18.7 Å². The SMILES string of the molecule is CCN(C(=O)N1CCN(c2ccc(C(N)=O)cc2)CC1)C(C)C. The zero-order valence-electron chi connectivity index (χ0n) is 14.2. The predicted octanol–water partition coefficient (Wildman–Crippen LogP) is 1.76. The smallest absolute Gasteiger partial charge is 0.320 e. The maximum atomic E-state index is 12.5. The topological polar surface area (TPSA) is 69.9 Å². The van der Waals surface area contributed by atoms with Crippen LogP contribution in [0.2, 0.25) is 0 Å². The third kappa shape index (κ3) is 3.94. The molecule has 3 amide bonds. The molecule has 1 aliphatic rings. The number of hydrogen-bond donors (Lipinski definition) is 1. The number of nitrogens with two attached hydrogens (primary N) is 1. The number of nitrogens with zero attached hydrogens (tertiary/aromatic N) is 3. The van der Waals surface area contributed by atoms with Gasteiger partial charge in [-0.05, 0) is 45.0 Å². The molecule has 1 heterocycles. The molecule has 0 spiro atoms. The highest BCUT2D eigenvalue weighted by molar-refractivity contribution is 5.93. The molecular weight excluding hydrogens is 292 g/mol. The van der Waals surface area contributed by atoms with Crippen LogP contribution >= 0.6 is 0 Å². The standard InChI is InChI=1S/C17H26N4O2/c1-4-21(13(2)3)17(23)20-11-9-19(10-12-20)15-7-5-14(6-8-15)16(18)22/h5-8,13H,4,9-12H2,1-3H3,(H2,18,22). The van der Waals surface area contributed by atoms with Crippen molar-refractivity contribution in [2.24, 2.45) is 5.73 Å². The van der Waals surface area contributed by atoms with Gasteiger partial charge in [0.25, 0.3) is 0 Å². The lowest BCUT2D eigenvalue weighted by molar-refractivity contribution is 0.1000. The van der Waals surface area contributed by atoms with Gasteiger partial charge in [0.05, 0.1) is 0 Å². The van der Waals surface area contributed by atoms with Crippen molar-refractivity contribution in [1.82, 2.24) is 9.80 Å². The number of rotatable bonds is 4. The maximum absolute atomic E-state index is 12.5. The van der Waals surface area contributed by atoms with Gasteiger partial charge in [0.15, 0.2) is 0 Å². The zero-order chi connectivity index (χ0) is 17.0. The van der Waals surface area contributed by atoms with E-state index in [1.807, 2.05) is 42.7 Å². The van der Waals surface area contributed by atoms with Crippen LogP contribution in [0.25, 0.3) is 0 Å². The summed E-state index contributed by atoms with van der Waals surface area (Å²) >= 11 is 0. The first-order valence-corrected chi connectivity index (χ1v) is 8.14. The average Bonchev–Trinajstić information content (AvgIpc) is 2.55. The Balaban J connectivity index is 1.95. The van der Waals surface area contributed by atoms with E-state index >= 15 is 0 Å². The minimum absolute atomic E-state index is 0.117. The van der Waals surface area contributed by atoms with E-state index in [0.717, 1.165) is 25.3 Å². The molecule has 0 aliphatic carbocycles. The molecule has 6 heteroatoms. The summed E-state index contributed by atoms with van der Waals surface area (Å²) in [6, 6.07) is 7.63. The van der Waals surface area contributed by atoms with Gasteiger partial charge in [-0.3, -0.25) is 4.79 Å². The van der Waals surface area contributed by atoms with Gasteiger partial charge < -0.3 is 20.4 Å². The summed E-state index contributed by atoms with van der Waals surface area (Å²) in [5.41, 5.74) is 6.82. The van der Waals surface area contributed by atoms with Crippen LogP contribution in [0.1, 0.15) is 31.1 Å². The first-order chi connectivity index (χ1) is 10.9. The fourth-order valence-electron chi connectivity index (χ4n) is 2.90. The number of urea groups is 1. The lowest BCUT2D eigenvalue weighted by Gasteiger charge is -2.39. The highest BCUT2D eigenvalue weighted by Gasteiger charge is 2.25. The Kier molecular flexibility index (Phi) is 5.47. The summed E-state index contributed by atoms with van der Waals surface area (Å²) in [6.45, 7) is 9.81. The van der Waals surface area contributed by atoms with E-state index in [2.05, 4.69) is 4.90 Å². The minimum atomic E-state index is -0.416. The van der Waals surface area contributed by atoms with Crippen LogP contribution < -0.4 is 10.6 Å². The second kappa shape index (κ2) is 7.35. The highest BCUT2D eigenvalue weighted by atomic mass is 16.2. The van der Waals surface area contributed by atoms with Gasteiger partial charge in [-0.2, -0.15) is 0 Å². The molecule has 1 aliphatic heterocycles. The quantitative estimate of drug-likeness (QED) is 0.919. The molecule has 0 atom stereocenters. The third-order valence-corrected chi connectivity index (χ3v) is 4.28. The summed E-state index contributed by atoms with van der Waals surface area (Å²) in [5.74, 6) is -0.416. The number of benzene rings is 1. The third-order valence-electron chi connectivity index (χ3n) is 4.28. The van der Waals surface area contributed by atoms with Crippen LogP contribution in [-0.2, 0) is 0 Å². The molecule has 23 heavy (non-hydrogen) atoms. The number of carbonyl (C=O) groups excluding carboxylic acids is 2. The monoisotopic (exact) mass is 318 g/mol. The van der Waals surface area contributed by atoms with Crippen molar-refractivity contribution in [3.8, 4) is 0 Å². The van der Waals surface area contributed by atoms with E-state index < -0.39 is 5.91 Å². The van der Waals surface area contributed by atoms with Crippen molar-refractivity contribution in [2.75, 3.05) is 37.6 Å². The lowest BCUT2D eigenvalue weighted by Crippen LogP contribution is -2.54. The number of primary amides is 1. The van der Waals surface area contributed by atoms with Crippen LogP contribution in [0.3, 0.4) is 0 Å². The Bertz CT molecular complexity index is 548. The number of anilines is 1. The Hall–Kier alpha value is -2.24. The van der Waals surface area contributed by atoms with Crippen LogP contribution in [-0.4, -0.2) is 60.5 Å². The highest BCUT2D eigenvalue weighted by Crippen LogP contribution is 2.18. The molecule has 0 bridgehead atoms. The van der Waals surface area contributed by atoms with Gasteiger partial charge in [0.2, 0.25) is 5.91 Å². The Labute approximate surface area is 137 Å². The Morgan fingerprint density at radius 1 is 1.13 bits per heavy atom. The van der Waals surface area contributed by atoms with E-state index in [1.165, 1.54) is 0 Å².